The van der Waals surface area contributed by atoms with Gasteiger partial charge in [-0.3, -0.25) is 19.2 Å². The molecule has 5 saturated heterocycles. The first-order valence-electron chi connectivity index (χ1n) is 31.2. The average Bonchev–Trinajstić information content (AvgIpc) is 0.838. The van der Waals surface area contributed by atoms with Crippen molar-refractivity contribution in [1.29, 1.82) is 0 Å². The third kappa shape index (κ3) is 26.2. The highest BCUT2D eigenvalue weighted by atomic mass is 16.8. The lowest BCUT2D eigenvalue weighted by molar-refractivity contribution is -0.351. The van der Waals surface area contributed by atoms with Crippen LogP contribution in [0.25, 0.3) is 0 Å². The van der Waals surface area contributed by atoms with Crippen LogP contribution >= 0.6 is 0 Å². The molecule has 36 heteroatoms. The molecule has 0 bridgehead atoms. The lowest BCUT2D eigenvalue weighted by Crippen LogP contribution is -2.70. The van der Waals surface area contributed by atoms with Crippen molar-refractivity contribution in [3.8, 4) is 0 Å². The molecule has 0 aromatic carbocycles. The number of esters is 1. The molecule has 36 nitrogen and oxygen atoms in total. The highest BCUT2D eigenvalue weighted by Crippen LogP contribution is 2.35. The van der Waals surface area contributed by atoms with Crippen LogP contribution in [0.15, 0.2) is 0 Å². The number of hydrogen-bond donors (Lipinski definition) is 16. The van der Waals surface area contributed by atoms with E-state index in [9.17, 15) is 54.9 Å². The molecule has 26 atom stereocenters. The zero-order valence-corrected chi connectivity index (χ0v) is 54.5. The van der Waals surface area contributed by atoms with Crippen molar-refractivity contribution in [2.45, 2.75) is 215 Å². The monoisotopic (exact) mass is 1360 g/mol. The minimum atomic E-state index is -1.61. The van der Waals surface area contributed by atoms with Gasteiger partial charge >= 0.3 is 5.97 Å². The topological polar surface area (TPSA) is 527 Å². The maximum absolute atomic E-state index is 12.5. The fraction of sp³-hybridized carbons (Fsp3) is 0.930. The van der Waals surface area contributed by atoms with Crippen molar-refractivity contribution in [3.05, 3.63) is 0 Å². The Morgan fingerprint density at radius 3 is 1.05 bits per heavy atom. The van der Waals surface area contributed by atoms with Crippen molar-refractivity contribution in [2.75, 3.05) is 113 Å². The Labute approximate surface area is 541 Å². The summed E-state index contributed by atoms with van der Waals surface area (Å²) in [5.74, 6) is -2.62. The summed E-state index contributed by atoms with van der Waals surface area (Å²) in [5, 5.41) is 118. The molecular formula is C57H107N5O31. The van der Waals surface area contributed by atoms with Gasteiger partial charge in [-0.1, -0.05) is 34.6 Å². The van der Waals surface area contributed by atoms with Crippen LogP contribution in [0.3, 0.4) is 0 Å². The molecule has 5 fully saturated rings. The molecule has 0 radical (unpaired) electrons. The number of aliphatic hydroxyl groups is 11. The first-order valence-corrected chi connectivity index (χ1v) is 31.2. The Hall–Kier alpha value is -3.24. The van der Waals surface area contributed by atoms with Gasteiger partial charge in [-0.15, -0.1) is 0 Å². The van der Waals surface area contributed by atoms with E-state index in [1.165, 1.54) is 28.1 Å². The maximum Gasteiger partial charge on any atom is 0.307 e. The fourth-order valence-corrected chi connectivity index (χ4v) is 10.4. The Morgan fingerprint density at radius 2 is 0.753 bits per heavy atom. The molecule has 93 heavy (non-hydrogen) atoms. The molecule has 0 aliphatic carbocycles. The largest absolute Gasteiger partial charge is 0.436 e. The molecule has 0 spiro atoms. The van der Waals surface area contributed by atoms with Crippen LogP contribution in [0.5, 0.6) is 0 Å². The molecule has 5 heterocycles. The predicted molar refractivity (Wildman–Crippen MR) is 316 cm³/mol. The minimum Gasteiger partial charge on any atom is -0.436 e. The van der Waals surface area contributed by atoms with E-state index in [1.807, 2.05) is 0 Å². The van der Waals surface area contributed by atoms with E-state index in [0.29, 0.717) is 12.8 Å². The van der Waals surface area contributed by atoms with Gasteiger partial charge in [0.05, 0.1) is 136 Å². The maximum atomic E-state index is 12.5. The summed E-state index contributed by atoms with van der Waals surface area (Å²) in [6.07, 6.45) is -20.8. The van der Waals surface area contributed by atoms with E-state index in [-0.39, 0.29) is 117 Å². The number of amides is 3. The van der Waals surface area contributed by atoms with Gasteiger partial charge in [0.2, 0.25) is 17.7 Å². The molecule has 0 saturated carbocycles. The SMILES string of the molecule is CCC(=O)NC1[C@H](OC)OC(COCCO)[C@H](O[C@@H]2OC(COCCO)[C@H](O[C@@H]3OC(COCCO)[C@H](C)[C@@H](O)C3N)[C@@H](O)C2NC(C)=O)[C@H]1O.CCC(=O)OC(O)CC.CO[C@@H]1OC(COCCO)[C@H](O[C@@H]2OC(COCCO)[C@H](C)[C@@H](O)C2N)[C@@H](O)C1NC(C)=O. The second-order valence-corrected chi connectivity index (χ2v) is 22.4. The van der Waals surface area contributed by atoms with Crippen molar-refractivity contribution in [2.24, 2.45) is 23.3 Å². The van der Waals surface area contributed by atoms with Gasteiger partial charge in [-0.05, 0) is 0 Å². The zero-order chi connectivity index (χ0) is 69.5. The number of carbonyl (C=O) groups excluding carboxylic acids is 4. The van der Waals surface area contributed by atoms with E-state index >= 15 is 0 Å². The van der Waals surface area contributed by atoms with Gasteiger partial charge in [0, 0.05) is 59.2 Å². The van der Waals surface area contributed by atoms with Crippen LogP contribution in [-0.4, -0.2) is 340 Å². The third-order valence-electron chi connectivity index (χ3n) is 15.5. The molecule has 5 aliphatic heterocycles. The lowest BCUT2D eigenvalue weighted by Gasteiger charge is -2.50. The molecule has 5 aliphatic rings. The van der Waals surface area contributed by atoms with Crippen LogP contribution in [0.1, 0.15) is 67.7 Å². The van der Waals surface area contributed by atoms with Crippen LogP contribution in [0, 0.1) is 11.8 Å². The van der Waals surface area contributed by atoms with Gasteiger partial charge in [0.25, 0.3) is 0 Å². The number of rotatable bonds is 35. The highest BCUT2D eigenvalue weighted by molar-refractivity contribution is 5.76. The Balaban J connectivity index is 0.000000457. The predicted octanol–water partition coefficient (Wildman–Crippen LogP) is -7.61. The first kappa shape index (κ1) is 84.0. The van der Waals surface area contributed by atoms with Gasteiger partial charge in [-0.25, -0.2) is 0 Å². The van der Waals surface area contributed by atoms with E-state index in [0.717, 1.165) is 0 Å². The van der Waals surface area contributed by atoms with Crippen LogP contribution in [-0.2, 0) is 95.0 Å². The standard InChI is InChI=1S/C31H57N3O17.C20H38N2O11.C6H12O3/c1-5-20(39)34-22-25(41)28(18(13-45-10-7-36)48-30(22)43-4)51-31-23(33-16(3)38)26(42)27(19(49-31)14-46-11-8-37)50-29-21(32)24(40)15(2)17(47-29)12-44-9-6-35;1-10-12(8-29-6-4-23)31-19(14(21)16(10)26)33-18-13(9-30-7-5-24)32-20(28-3)15(17(18)27)22-11(2)25;1-3-5(7)9-6(8)4-2/h15,17-19,21-31,35-37,40-42H,5-14,32H2,1-4H3,(H,33,38)(H,34,39);10,12-20,23-24,26-27H,4-9,21H2,1-3H3,(H,22,25);5,7H,3-4H2,1-2H3/t15-,17?,18?,19?,21?,22?,23?,24+,25-,26-,27-,28-,29-,30+,31-;10-,12?,13?,14?,15?,16+,17-,18-,19-,20+;/m00./s1. The van der Waals surface area contributed by atoms with Crippen LogP contribution in [0.2, 0.25) is 0 Å². The summed E-state index contributed by atoms with van der Waals surface area (Å²) < 4.78 is 91.0. The molecule has 3 amide bonds. The number of hydrogen-bond acceptors (Lipinski definition) is 33. The number of aliphatic hydroxyl groups excluding tert-OH is 11. The smallest absolute Gasteiger partial charge is 0.307 e. The van der Waals surface area contributed by atoms with E-state index in [2.05, 4.69) is 20.7 Å². The normalized spacial score (nSPS) is 36.4. The van der Waals surface area contributed by atoms with Crippen LogP contribution in [0.4, 0.5) is 0 Å². The Morgan fingerprint density at radius 1 is 0.452 bits per heavy atom. The van der Waals surface area contributed by atoms with E-state index in [1.54, 1.807) is 34.6 Å². The number of methoxy groups -OCH3 is 2. The molecule has 0 aromatic heterocycles. The quantitative estimate of drug-likeness (QED) is 0.0159. The Kier molecular flexibility index (Phi) is 40.3. The third-order valence-corrected chi connectivity index (χ3v) is 15.5. The second-order valence-electron chi connectivity index (χ2n) is 22.4. The van der Waals surface area contributed by atoms with Gasteiger partial charge in [0.1, 0.15) is 73.1 Å². The number of nitrogens with one attached hydrogen (secondary N) is 3. The lowest BCUT2D eigenvalue weighted by atomic mass is 9.89. The second kappa shape index (κ2) is 44.6. The summed E-state index contributed by atoms with van der Waals surface area (Å²) in [4.78, 5) is 46.9. The van der Waals surface area contributed by atoms with E-state index < -0.39 is 171 Å². The van der Waals surface area contributed by atoms with E-state index in [4.69, 9.17) is 103 Å². The molecular weight excluding hydrogens is 1250 g/mol. The summed E-state index contributed by atoms with van der Waals surface area (Å²) in [6, 6.07) is -5.48. The summed E-state index contributed by atoms with van der Waals surface area (Å²) in [5.41, 5.74) is 12.5. The number of carbonyl (C=O) groups is 4. The minimum absolute atomic E-state index is 0.00115. The van der Waals surface area contributed by atoms with Crippen molar-refractivity contribution in [3.63, 3.8) is 0 Å². The van der Waals surface area contributed by atoms with Gasteiger partial charge in [0.15, 0.2) is 37.7 Å². The average molecular weight is 1360 g/mol. The fourth-order valence-electron chi connectivity index (χ4n) is 10.4. The van der Waals surface area contributed by atoms with Crippen molar-refractivity contribution in [1.82, 2.24) is 16.0 Å². The van der Waals surface area contributed by atoms with Gasteiger partial charge < -0.3 is 159 Å². The molecule has 546 valence electrons. The Bertz CT molecular complexity index is 2070. The summed E-state index contributed by atoms with van der Waals surface area (Å²) in [6.45, 7) is 9.36. The summed E-state index contributed by atoms with van der Waals surface area (Å²) >= 11 is 0. The van der Waals surface area contributed by atoms with Crippen molar-refractivity contribution < 1.29 is 151 Å². The van der Waals surface area contributed by atoms with Gasteiger partial charge in [-0.2, -0.15) is 0 Å². The molecule has 5 rings (SSSR count). The summed E-state index contributed by atoms with van der Waals surface area (Å²) in [7, 11) is 2.69. The molecule has 18 N–H and O–H groups in total. The first-order chi connectivity index (χ1) is 44.4. The van der Waals surface area contributed by atoms with Crippen LogP contribution < -0.4 is 27.4 Å². The number of nitrogens with two attached hydrogens (primary N) is 2. The molecule has 0 aromatic rings. The van der Waals surface area contributed by atoms with Crippen molar-refractivity contribution >= 4 is 23.7 Å². The highest BCUT2D eigenvalue weighted by Gasteiger charge is 2.55. The zero-order valence-electron chi connectivity index (χ0n) is 54.5. The number of ether oxygens (including phenoxy) is 16. The molecule has 11 unspecified atom stereocenters.